The molecule has 0 spiro atoms. The molecular weight excluding hydrogens is 1070 g/mol. The lowest BCUT2D eigenvalue weighted by molar-refractivity contribution is -0.161. The lowest BCUT2D eigenvalue weighted by atomic mass is 10.0. The highest BCUT2D eigenvalue weighted by atomic mass is 31.2. The van der Waals surface area contributed by atoms with Gasteiger partial charge < -0.3 is 33.8 Å². The van der Waals surface area contributed by atoms with Gasteiger partial charge in [0.25, 0.3) is 0 Å². The number of rotatable bonds is 58. The van der Waals surface area contributed by atoms with E-state index < -0.39 is 97.5 Å². The van der Waals surface area contributed by atoms with Gasteiger partial charge in [0.15, 0.2) is 12.2 Å². The molecule has 0 aromatic carbocycles. The summed E-state index contributed by atoms with van der Waals surface area (Å²) in [5, 5.41) is 10.5. The molecule has 0 aliphatic rings. The Morgan fingerprint density at radius 1 is 0.312 bits per heavy atom. The predicted molar refractivity (Wildman–Crippen MR) is 317 cm³/mol. The maximum Gasteiger partial charge on any atom is 0.472 e. The van der Waals surface area contributed by atoms with Gasteiger partial charge in [-0.15, -0.1) is 0 Å². The fourth-order valence-electron chi connectivity index (χ4n) is 8.90. The highest BCUT2D eigenvalue weighted by Crippen LogP contribution is 2.45. The van der Waals surface area contributed by atoms with Crippen LogP contribution >= 0.6 is 15.6 Å². The second-order valence-electron chi connectivity index (χ2n) is 24.0. The molecule has 0 aromatic heterocycles. The van der Waals surface area contributed by atoms with E-state index in [0.29, 0.717) is 43.4 Å². The first-order valence-electron chi connectivity index (χ1n) is 31.7. The van der Waals surface area contributed by atoms with Crippen molar-refractivity contribution in [1.29, 1.82) is 0 Å². The van der Waals surface area contributed by atoms with E-state index in [9.17, 15) is 43.2 Å². The van der Waals surface area contributed by atoms with Crippen molar-refractivity contribution in [3.05, 3.63) is 0 Å². The predicted octanol–water partition coefficient (Wildman–Crippen LogP) is 16.2. The molecule has 80 heavy (non-hydrogen) atoms. The summed E-state index contributed by atoms with van der Waals surface area (Å²) in [4.78, 5) is 72.0. The van der Waals surface area contributed by atoms with Gasteiger partial charge in [-0.25, -0.2) is 9.13 Å². The van der Waals surface area contributed by atoms with Crippen molar-refractivity contribution in [3.63, 3.8) is 0 Å². The number of carbonyl (C=O) groups is 4. The third kappa shape index (κ3) is 55.3. The average Bonchev–Trinajstić information content (AvgIpc) is 3.39. The standard InChI is InChI=1S/C61H118O17P2/c1-51(2)37-29-21-13-9-10-16-25-33-41-58(63)71-48-57(78-61(66)44-36-28-20-19-24-32-40-54(7)8)50-76-80(69,70)74-46-55(62)45-73-79(67,68)75-49-56(77-60(65)43-35-27-18-12-15-23-31-39-53(5)6)47-72-59(64)42-34-26-17-11-14-22-30-38-52(3)4/h51-57,62H,9-50H2,1-8H3,(H,67,68)(H,69,70)/t55?,56-,57-/m1/s1. The van der Waals surface area contributed by atoms with E-state index in [4.69, 9.17) is 37.0 Å². The van der Waals surface area contributed by atoms with Crippen LogP contribution in [0.5, 0.6) is 0 Å². The number of aliphatic hydroxyl groups is 1. The van der Waals surface area contributed by atoms with Crippen molar-refractivity contribution in [2.75, 3.05) is 39.6 Å². The number of hydrogen-bond acceptors (Lipinski definition) is 15. The van der Waals surface area contributed by atoms with Crippen molar-refractivity contribution in [3.8, 4) is 0 Å². The number of ether oxygens (including phenoxy) is 4. The molecule has 0 amide bonds. The maximum absolute atomic E-state index is 12.9. The second kappa shape index (κ2) is 51.5. The Morgan fingerprint density at radius 3 is 0.775 bits per heavy atom. The molecule has 0 saturated carbocycles. The molecule has 474 valence electrons. The Kier molecular flexibility index (Phi) is 50.2. The SMILES string of the molecule is CC(C)CCCCCCCCCCC(=O)OC[C@H](COP(=O)(O)OCC(O)COP(=O)(O)OC[C@@H](COC(=O)CCCCCCCCCC(C)C)OC(=O)CCCCCCCCCC(C)C)OC(=O)CCCCCCCCC(C)C. The minimum atomic E-state index is -4.94. The Morgan fingerprint density at radius 2 is 0.525 bits per heavy atom. The zero-order valence-electron chi connectivity index (χ0n) is 51.7. The maximum atomic E-state index is 12.9. The van der Waals surface area contributed by atoms with Gasteiger partial charge >= 0.3 is 39.5 Å². The molecule has 3 unspecified atom stereocenters. The van der Waals surface area contributed by atoms with Gasteiger partial charge in [0.1, 0.15) is 19.3 Å². The molecular formula is C61H118O17P2. The third-order valence-corrected chi connectivity index (χ3v) is 15.7. The van der Waals surface area contributed by atoms with E-state index in [0.717, 1.165) is 102 Å². The fourth-order valence-corrected chi connectivity index (χ4v) is 10.5. The molecule has 19 heteroatoms. The van der Waals surface area contributed by atoms with Crippen LogP contribution in [0.3, 0.4) is 0 Å². The molecule has 0 bridgehead atoms. The average molecular weight is 1190 g/mol. The molecule has 0 fully saturated rings. The minimum Gasteiger partial charge on any atom is -0.462 e. The van der Waals surface area contributed by atoms with E-state index >= 15 is 0 Å². The lowest BCUT2D eigenvalue weighted by Crippen LogP contribution is -2.30. The molecule has 5 atom stereocenters. The van der Waals surface area contributed by atoms with E-state index in [1.807, 2.05) is 0 Å². The summed E-state index contributed by atoms with van der Waals surface area (Å²) in [5.41, 5.74) is 0. The van der Waals surface area contributed by atoms with Crippen LogP contribution in [0.15, 0.2) is 0 Å². The topological polar surface area (TPSA) is 237 Å². The Bertz CT molecular complexity index is 1610. The lowest BCUT2D eigenvalue weighted by Gasteiger charge is -2.21. The minimum absolute atomic E-state index is 0.101. The summed E-state index contributed by atoms with van der Waals surface area (Å²) >= 11 is 0. The highest BCUT2D eigenvalue weighted by molar-refractivity contribution is 7.47. The summed E-state index contributed by atoms with van der Waals surface area (Å²) in [7, 11) is -9.88. The largest absolute Gasteiger partial charge is 0.472 e. The van der Waals surface area contributed by atoms with Crippen LogP contribution < -0.4 is 0 Å². The van der Waals surface area contributed by atoms with Crippen LogP contribution in [0.1, 0.15) is 287 Å². The Labute approximate surface area is 486 Å². The molecule has 17 nitrogen and oxygen atoms in total. The summed E-state index contributed by atoms with van der Waals surface area (Å²) in [6.45, 7) is 13.8. The van der Waals surface area contributed by atoms with Crippen molar-refractivity contribution >= 4 is 39.5 Å². The Hall–Kier alpha value is -1.94. The van der Waals surface area contributed by atoms with Crippen molar-refractivity contribution in [2.45, 2.75) is 305 Å². The summed E-state index contributed by atoms with van der Waals surface area (Å²) in [6.07, 6.45) is 29.8. The van der Waals surface area contributed by atoms with Gasteiger partial charge in [0.2, 0.25) is 0 Å². The molecule has 0 aromatic rings. The third-order valence-electron chi connectivity index (χ3n) is 13.8. The number of carbonyl (C=O) groups excluding carboxylic acids is 4. The van der Waals surface area contributed by atoms with E-state index in [-0.39, 0.29) is 25.7 Å². The van der Waals surface area contributed by atoms with Crippen LogP contribution in [0.2, 0.25) is 0 Å². The van der Waals surface area contributed by atoms with Gasteiger partial charge in [0.05, 0.1) is 26.4 Å². The number of hydrogen-bond donors (Lipinski definition) is 3. The van der Waals surface area contributed by atoms with Gasteiger partial charge in [-0.1, -0.05) is 235 Å². The first-order chi connectivity index (χ1) is 38.1. The monoisotopic (exact) mass is 1180 g/mol. The van der Waals surface area contributed by atoms with Gasteiger partial charge in [-0.3, -0.25) is 37.3 Å². The zero-order chi connectivity index (χ0) is 59.7. The Balaban J connectivity index is 5.24. The normalized spacial score (nSPS) is 14.5. The molecule has 0 aliphatic heterocycles. The number of phosphoric acid groups is 2. The van der Waals surface area contributed by atoms with Gasteiger partial charge in [-0.2, -0.15) is 0 Å². The number of aliphatic hydroxyl groups excluding tert-OH is 1. The van der Waals surface area contributed by atoms with Crippen molar-refractivity contribution in [2.24, 2.45) is 23.7 Å². The quantitative estimate of drug-likeness (QED) is 0.0222. The van der Waals surface area contributed by atoms with Gasteiger partial charge in [0, 0.05) is 25.7 Å². The van der Waals surface area contributed by atoms with Crippen LogP contribution in [0, 0.1) is 23.7 Å². The van der Waals surface area contributed by atoms with Crippen LogP contribution in [-0.4, -0.2) is 96.7 Å². The summed E-state index contributed by atoms with van der Waals surface area (Å²) in [5.74, 6) is 0.647. The van der Waals surface area contributed by atoms with E-state index in [1.165, 1.54) is 83.5 Å². The molecule has 3 N–H and O–H groups in total. The number of unbranched alkanes of at least 4 members (excludes halogenated alkanes) is 24. The van der Waals surface area contributed by atoms with Crippen LogP contribution in [0.25, 0.3) is 0 Å². The number of esters is 4. The summed E-state index contributed by atoms with van der Waals surface area (Å²) < 4.78 is 67.8. The van der Waals surface area contributed by atoms with Gasteiger partial charge in [-0.05, 0) is 49.4 Å². The molecule has 0 saturated heterocycles. The summed E-state index contributed by atoms with van der Waals surface area (Å²) in [6, 6.07) is 0. The number of phosphoric ester groups is 2. The van der Waals surface area contributed by atoms with Crippen molar-refractivity contribution < 1.29 is 80.2 Å². The first-order valence-corrected chi connectivity index (χ1v) is 34.7. The van der Waals surface area contributed by atoms with E-state index in [2.05, 4.69) is 55.4 Å². The zero-order valence-corrected chi connectivity index (χ0v) is 53.5. The van der Waals surface area contributed by atoms with E-state index in [1.54, 1.807) is 0 Å². The van der Waals surface area contributed by atoms with Crippen LogP contribution in [0.4, 0.5) is 0 Å². The second-order valence-corrected chi connectivity index (χ2v) is 26.9. The fraction of sp³-hybridized carbons (Fsp3) is 0.934. The first kappa shape index (κ1) is 78.1. The van der Waals surface area contributed by atoms with Crippen molar-refractivity contribution in [1.82, 2.24) is 0 Å². The highest BCUT2D eigenvalue weighted by Gasteiger charge is 2.30. The smallest absolute Gasteiger partial charge is 0.462 e. The molecule has 0 rings (SSSR count). The molecule has 0 heterocycles. The molecule has 0 aliphatic carbocycles. The molecule has 0 radical (unpaired) electrons. The van der Waals surface area contributed by atoms with Crippen LogP contribution in [-0.2, 0) is 65.4 Å².